The molecule has 16 heavy (non-hydrogen) atoms. The minimum Gasteiger partial charge on any atom is -0.369 e. The second-order valence-electron chi connectivity index (χ2n) is 4.36. The molecule has 0 saturated carbocycles. The third-order valence-electron chi connectivity index (χ3n) is 2.31. The van der Waals surface area contributed by atoms with Crippen LogP contribution in [0.15, 0.2) is 0 Å². The highest BCUT2D eigenvalue weighted by molar-refractivity contribution is 5.85. The molecule has 5 N–H and O–H groups in total. The molecular formula is C10H22ClN3O2. The van der Waals surface area contributed by atoms with Gasteiger partial charge in [-0.2, -0.15) is 0 Å². The van der Waals surface area contributed by atoms with E-state index in [2.05, 4.69) is 5.32 Å². The van der Waals surface area contributed by atoms with Gasteiger partial charge in [-0.3, -0.25) is 9.59 Å². The summed E-state index contributed by atoms with van der Waals surface area (Å²) in [7, 11) is 0. The zero-order valence-electron chi connectivity index (χ0n) is 10.1. The van der Waals surface area contributed by atoms with Crippen LogP contribution in [0.2, 0.25) is 0 Å². The van der Waals surface area contributed by atoms with Crippen LogP contribution in [0.3, 0.4) is 0 Å². The molecule has 0 aromatic heterocycles. The Balaban J connectivity index is 0. The largest absolute Gasteiger partial charge is 0.369 e. The van der Waals surface area contributed by atoms with Crippen LogP contribution in [0.25, 0.3) is 0 Å². The first-order valence-electron chi connectivity index (χ1n) is 5.14. The number of hydrogen-bond acceptors (Lipinski definition) is 3. The molecule has 5 nitrogen and oxygen atoms in total. The van der Waals surface area contributed by atoms with Gasteiger partial charge in [-0.1, -0.05) is 13.3 Å². The van der Waals surface area contributed by atoms with Crippen LogP contribution < -0.4 is 16.8 Å². The van der Waals surface area contributed by atoms with E-state index >= 15 is 0 Å². The molecule has 0 rings (SSSR count). The van der Waals surface area contributed by atoms with Crippen molar-refractivity contribution in [2.45, 2.75) is 39.7 Å². The molecule has 0 aliphatic carbocycles. The summed E-state index contributed by atoms with van der Waals surface area (Å²) >= 11 is 0. The van der Waals surface area contributed by atoms with Gasteiger partial charge in [-0.15, -0.1) is 12.4 Å². The molecule has 0 radical (unpaired) electrons. The standard InChI is InChI=1S/C10H21N3O2.ClH/c1-4-5-7(11)8(14)13-6-10(2,3)9(12)15;/h7H,4-6,11H2,1-3H3,(H2,12,15)(H,13,14);1H. The van der Waals surface area contributed by atoms with Crippen molar-refractivity contribution in [2.24, 2.45) is 16.9 Å². The molecule has 1 unspecified atom stereocenters. The Morgan fingerprint density at radius 3 is 2.25 bits per heavy atom. The van der Waals surface area contributed by atoms with Crippen molar-refractivity contribution >= 4 is 24.2 Å². The number of rotatable bonds is 6. The van der Waals surface area contributed by atoms with Gasteiger partial charge in [0.05, 0.1) is 11.5 Å². The number of nitrogens with two attached hydrogens (primary N) is 2. The maximum atomic E-state index is 11.4. The van der Waals surface area contributed by atoms with Gasteiger partial charge < -0.3 is 16.8 Å². The summed E-state index contributed by atoms with van der Waals surface area (Å²) in [6.45, 7) is 5.54. The monoisotopic (exact) mass is 251 g/mol. The first-order chi connectivity index (χ1) is 6.81. The number of carbonyl (C=O) groups is 2. The third-order valence-corrected chi connectivity index (χ3v) is 2.31. The van der Waals surface area contributed by atoms with E-state index in [0.717, 1.165) is 6.42 Å². The highest BCUT2D eigenvalue weighted by Gasteiger charge is 2.26. The number of amides is 2. The van der Waals surface area contributed by atoms with Gasteiger partial charge in [-0.05, 0) is 20.3 Å². The Bertz CT molecular complexity index is 244. The summed E-state index contributed by atoms with van der Waals surface area (Å²) in [6, 6.07) is -0.501. The minimum absolute atomic E-state index is 0. The quantitative estimate of drug-likeness (QED) is 0.627. The van der Waals surface area contributed by atoms with E-state index in [4.69, 9.17) is 11.5 Å². The smallest absolute Gasteiger partial charge is 0.236 e. The fourth-order valence-electron chi connectivity index (χ4n) is 0.968. The van der Waals surface area contributed by atoms with E-state index in [1.54, 1.807) is 13.8 Å². The molecule has 0 aromatic carbocycles. The summed E-state index contributed by atoms with van der Waals surface area (Å²) in [5.41, 5.74) is 10.0. The van der Waals surface area contributed by atoms with Crippen LogP contribution in [0.5, 0.6) is 0 Å². The molecule has 0 saturated heterocycles. The van der Waals surface area contributed by atoms with Gasteiger partial charge >= 0.3 is 0 Å². The molecule has 0 aromatic rings. The summed E-state index contributed by atoms with van der Waals surface area (Å²) in [4.78, 5) is 22.4. The zero-order chi connectivity index (χ0) is 12.1. The summed E-state index contributed by atoms with van der Waals surface area (Å²) < 4.78 is 0. The molecule has 2 amide bonds. The van der Waals surface area contributed by atoms with E-state index in [-0.39, 0.29) is 24.9 Å². The van der Waals surface area contributed by atoms with E-state index in [0.29, 0.717) is 6.42 Å². The lowest BCUT2D eigenvalue weighted by atomic mass is 9.92. The topological polar surface area (TPSA) is 98.2 Å². The maximum Gasteiger partial charge on any atom is 0.236 e. The van der Waals surface area contributed by atoms with Crippen LogP contribution in [0, 0.1) is 5.41 Å². The number of halogens is 1. The summed E-state index contributed by atoms with van der Waals surface area (Å²) in [5, 5.41) is 2.62. The van der Waals surface area contributed by atoms with Crippen molar-refractivity contribution in [1.29, 1.82) is 0 Å². The number of carbonyl (C=O) groups excluding carboxylic acids is 2. The van der Waals surface area contributed by atoms with Crippen molar-refractivity contribution < 1.29 is 9.59 Å². The maximum absolute atomic E-state index is 11.4. The van der Waals surface area contributed by atoms with Gasteiger partial charge in [0.1, 0.15) is 0 Å². The van der Waals surface area contributed by atoms with Crippen LogP contribution in [0.1, 0.15) is 33.6 Å². The van der Waals surface area contributed by atoms with Gasteiger partial charge in [-0.25, -0.2) is 0 Å². The average Bonchev–Trinajstić information content (AvgIpc) is 2.14. The normalized spacial score (nSPS) is 12.5. The highest BCUT2D eigenvalue weighted by atomic mass is 35.5. The predicted molar refractivity (Wildman–Crippen MR) is 66.1 cm³/mol. The van der Waals surface area contributed by atoms with Crippen molar-refractivity contribution in [3.63, 3.8) is 0 Å². The highest BCUT2D eigenvalue weighted by Crippen LogP contribution is 2.11. The molecule has 0 aliphatic rings. The average molecular weight is 252 g/mol. The van der Waals surface area contributed by atoms with Crippen molar-refractivity contribution in [2.75, 3.05) is 6.54 Å². The van der Waals surface area contributed by atoms with E-state index in [1.165, 1.54) is 0 Å². The Hall–Kier alpha value is -0.810. The van der Waals surface area contributed by atoms with Crippen molar-refractivity contribution in [1.82, 2.24) is 5.32 Å². The lowest BCUT2D eigenvalue weighted by Crippen LogP contribution is -2.47. The molecular weight excluding hydrogens is 230 g/mol. The fourth-order valence-corrected chi connectivity index (χ4v) is 0.968. The van der Waals surface area contributed by atoms with Crippen molar-refractivity contribution in [3.8, 4) is 0 Å². The van der Waals surface area contributed by atoms with Gasteiger partial charge in [0.15, 0.2) is 0 Å². The van der Waals surface area contributed by atoms with Gasteiger partial charge in [0.25, 0.3) is 0 Å². The van der Waals surface area contributed by atoms with E-state index < -0.39 is 17.4 Å². The number of hydrogen-bond donors (Lipinski definition) is 3. The zero-order valence-corrected chi connectivity index (χ0v) is 10.9. The van der Waals surface area contributed by atoms with Crippen LogP contribution in [-0.4, -0.2) is 24.4 Å². The van der Waals surface area contributed by atoms with E-state index in [1.807, 2.05) is 6.92 Å². The van der Waals surface area contributed by atoms with Crippen LogP contribution in [0.4, 0.5) is 0 Å². The second kappa shape index (κ2) is 7.46. The Morgan fingerprint density at radius 1 is 1.38 bits per heavy atom. The van der Waals surface area contributed by atoms with Crippen molar-refractivity contribution in [3.05, 3.63) is 0 Å². The molecule has 0 aliphatic heterocycles. The third kappa shape index (κ3) is 5.92. The molecule has 0 fully saturated rings. The van der Waals surface area contributed by atoms with Crippen LogP contribution in [-0.2, 0) is 9.59 Å². The fraction of sp³-hybridized carbons (Fsp3) is 0.800. The Kier molecular flexibility index (Phi) is 8.20. The first kappa shape index (κ1) is 17.6. The Morgan fingerprint density at radius 2 is 1.88 bits per heavy atom. The van der Waals surface area contributed by atoms with E-state index in [9.17, 15) is 9.59 Å². The molecule has 96 valence electrons. The second-order valence-corrected chi connectivity index (χ2v) is 4.36. The number of nitrogens with one attached hydrogen (secondary N) is 1. The minimum atomic E-state index is -0.735. The van der Waals surface area contributed by atoms with Gasteiger partial charge in [0.2, 0.25) is 11.8 Å². The SMILES string of the molecule is CCCC(N)C(=O)NCC(C)(C)C(N)=O.Cl. The molecule has 1 atom stereocenters. The molecule has 0 heterocycles. The lowest BCUT2D eigenvalue weighted by molar-refractivity contribution is -0.127. The summed E-state index contributed by atoms with van der Waals surface area (Å²) in [6.07, 6.45) is 1.50. The van der Waals surface area contributed by atoms with Gasteiger partial charge in [0, 0.05) is 6.54 Å². The first-order valence-corrected chi connectivity index (χ1v) is 5.14. The lowest BCUT2D eigenvalue weighted by Gasteiger charge is -2.21. The number of primary amides is 1. The van der Waals surface area contributed by atoms with Crippen LogP contribution >= 0.6 is 12.4 Å². The predicted octanol–water partition coefficient (Wildman–Crippen LogP) is 0.163. The molecule has 0 bridgehead atoms. The Labute approximate surface area is 103 Å². The molecule has 0 spiro atoms. The molecule has 6 heteroatoms. The summed E-state index contributed by atoms with van der Waals surface area (Å²) in [5.74, 6) is -0.668.